The van der Waals surface area contributed by atoms with E-state index in [0.29, 0.717) is 11.5 Å². The summed E-state index contributed by atoms with van der Waals surface area (Å²) in [7, 11) is 0. The number of anilines is 2. The number of para-hydroxylation sites is 1. The maximum absolute atomic E-state index is 6.93. The van der Waals surface area contributed by atoms with Gasteiger partial charge in [0.25, 0.3) is 0 Å². The van der Waals surface area contributed by atoms with Crippen LogP contribution in [0.3, 0.4) is 0 Å². The van der Waals surface area contributed by atoms with Gasteiger partial charge in [-0.3, -0.25) is 0 Å². The minimum atomic E-state index is -0.369. The van der Waals surface area contributed by atoms with Gasteiger partial charge in [0.15, 0.2) is 0 Å². The number of nitrogens with zero attached hydrogens (tertiary/aromatic N) is 4. The van der Waals surface area contributed by atoms with Crippen LogP contribution in [0.2, 0.25) is 0 Å². The number of aromatic nitrogens is 2. The summed E-state index contributed by atoms with van der Waals surface area (Å²) in [6.07, 6.45) is 6.05. The van der Waals surface area contributed by atoms with Gasteiger partial charge in [0.2, 0.25) is 0 Å². The molecule has 0 saturated carbocycles. The monoisotopic (exact) mass is 902 g/mol. The van der Waals surface area contributed by atoms with E-state index in [1.807, 2.05) is 12.3 Å². The Morgan fingerprint density at radius 1 is 0.618 bits per heavy atom. The molecule has 7 aromatic rings. The largest absolute Gasteiger partial charge is 0.509 e. The van der Waals surface area contributed by atoms with Gasteiger partial charge in [-0.05, 0) is 81.1 Å². The third-order valence-electron chi connectivity index (χ3n) is 10.6. The number of fused-ring (bicyclic) bond motifs is 3. The first-order valence-corrected chi connectivity index (χ1v) is 18.7. The fraction of sp³-hybridized carbons (Fsp3) is 0.224. The Hall–Kier alpha value is -5.12. The van der Waals surface area contributed by atoms with E-state index >= 15 is 0 Å². The Morgan fingerprint density at radius 3 is 2.07 bits per heavy atom. The zero-order chi connectivity index (χ0) is 37.8. The van der Waals surface area contributed by atoms with E-state index in [1.165, 1.54) is 16.7 Å². The molecule has 0 unspecified atom stereocenters. The maximum Gasteiger partial charge on any atom is 0.135 e. The fourth-order valence-corrected chi connectivity index (χ4v) is 7.27. The van der Waals surface area contributed by atoms with Gasteiger partial charge < -0.3 is 19.1 Å². The Bertz CT molecular complexity index is 2520. The minimum Gasteiger partial charge on any atom is -0.509 e. The third kappa shape index (κ3) is 7.35. The summed E-state index contributed by atoms with van der Waals surface area (Å²) in [5.41, 5.74) is 8.38. The van der Waals surface area contributed by atoms with Gasteiger partial charge in [-0.2, -0.15) is 12.1 Å². The van der Waals surface area contributed by atoms with Crippen molar-refractivity contribution >= 4 is 33.2 Å². The number of rotatable bonds is 7. The molecule has 3 heterocycles. The Kier molecular flexibility index (Phi) is 10.1. The molecule has 0 spiro atoms. The summed E-state index contributed by atoms with van der Waals surface area (Å²) < 4.78 is 9.14. The number of hydrogen-bond acceptors (Lipinski definition) is 4. The molecule has 5 nitrogen and oxygen atoms in total. The van der Waals surface area contributed by atoms with E-state index < -0.39 is 0 Å². The average Bonchev–Trinajstić information content (AvgIpc) is 3.78. The Labute approximate surface area is 340 Å². The molecule has 0 atom stereocenters. The molecule has 0 bridgehead atoms. The third-order valence-corrected chi connectivity index (χ3v) is 10.6. The second kappa shape index (κ2) is 14.5. The summed E-state index contributed by atoms with van der Waals surface area (Å²) in [6, 6.07) is 47.9. The molecule has 0 aliphatic carbocycles. The molecule has 282 valence electrons. The van der Waals surface area contributed by atoms with Crippen LogP contribution in [0.15, 0.2) is 134 Å². The molecule has 8 rings (SSSR count). The van der Waals surface area contributed by atoms with Crippen molar-refractivity contribution in [3.8, 4) is 17.3 Å². The first-order chi connectivity index (χ1) is 25.8. The van der Waals surface area contributed by atoms with Crippen molar-refractivity contribution in [2.45, 2.75) is 71.6 Å². The molecule has 1 aliphatic rings. The van der Waals surface area contributed by atoms with Crippen molar-refractivity contribution in [3.05, 3.63) is 175 Å². The molecule has 1 aliphatic heterocycles. The zero-order valence-electron chi connectivity index (χ0n) is 32.8. The van der Waals surface area contributed by atoms with E-state index in [-0.39, 0.29) is 37.3 Å². The molecule has 0 N–H and O–H groups in total. The summed E-state index contributed by atoms with van der Waals surface area (Å²) in [5, 5.41) is 2.24. The Balaban J connectivity index is 0.00000465. The van der Waals surface area contributed by atoms with Crippen LogP contribution in [-0.2, 0) is 37.3 Å². The second-order valence-electron chi connectivity index (χ2n) is 16.8. The van der Waals surface area contributed by atoms with Crippen molar-refractivity contribution in [1.82, 2.24) is 9.55 Å². The van der Waals surface area contributed by atoms with Crippen molar-refractivity contribution in [2.75, 3.05) is 9.80 Å². The van der Waals surface area contributed by atoms with E-state index in [1.54, 1.807) is 0 Å². The van der Waals surface area contributed by atoms with E-state index in [0.717, 1.165) is 44.6 Å². The van der Waals surface area contributed by atoms with Crippen molar-refractivity contribution < 1.29 is 25.8 Å². The van der Waals surface area contributed by atoms with Crippen LogP contribution in [0.25, 0.3) is 27.6 Å². The SMILES string of the molecule is CC(C)(C)c1cccc(N2C=CN(c3[c-]c(Oc4[c-]c5c(cc4)c4ccccc4n5-c4cc(C(C)(C)C)ccn4)c(C(C)(C)c4ccccc4)cc3)[CH-]2)c1.[Pt]. The molecule has 5 aromatic carbocycles. The maximum atomic E-state index is 6.93. The molecule has 6 heteroatoms. The van der Waals surface area contributed by atoms with Crippen molar-refractivity contribution in [1.29, 1.82) is 0 Å². The van der Waals surface area contributed by atoms with Gasteiger partial charge in [0.05, 0.1) is 0 Å². The summed E-state index contributed by atoms with van der Waals surface area (Å²) in [6.45, 7) is 20.0. The van der Waals surface area contributed by atoms with Gasteiger partial charge >= 0.3 is 0 Å². The molecule has 0 radical (unpaired) electrons. The number of pyridine rings is 1. The summed E-state index contributed by atoms with van der Waals surface area (Å²) >= 11 is 0. The number of hydrogen-bond donors (Lipinski definition) is 0. The van der Waals surface area contributed by atoms with Crippen LogP contribution in [0.5, 0.6) is 11.5 Å². The molecule has 2 aromatic heterocycles. The summed E-state index contributed by atoms with van der Waals surface area (Å²) in [5.74, 6) is 2.12. The van der Waals surface area contributed by atoms with Crippen LogP contribution >= 0.6 is 0 Å². The molecule has 55 heavy (non-hydrogen) atoms. The number of benzene rings is 5. The smallest absolute Gasteiger partial charge is 0.135 e. The van der Waals surface area contributed by atoms with Gasteiger partial charge in [0, 0.05) is 50.0 Å². The van der Waals surface area contributed by atoms with Crippen LogP contribution in [0.1, 0.15) is 77.6 Å². The predicted octanol–water partition coefficient (Wildman–Crippen LogP) is 12.4. The van der Waals surface area contributed by atoms with Crippen LogP contribution in [0.4, 0.5) is 11.4 Å². The van der Waals surface area contributed by atoms with E-state index in [9.17, 15) is 0 Å². The molecular formula is C49H47N4OPt-3. The normalized spacial score (nSPS) is 13.5. The zero-order valence-corrected chi connectivity index (χ0v) is 35.1. The molecule has 0 saturated heterocycles. The van der Waals surface area contributed by atoms with Gasteiger partial charge in [-0.15, -0.1) is 47.6 Å². The molecule has 0 fully saturated rings. The van der Waals surface area contributed by atoms with Gasteiger partial charge in [0.1, 0.15) is 5.82 Å². The quantitative estimate of drug-likeness (QED) is 0.149. The topological polar surface area (TPSA) is 33.5 Å². The standard InChI is InChI=1S/C49H47N4O.Pt/c1-47(2,3)35-17-14-18-37(29-35)51-27-28-52(33-51)38-21-24-42(49(7,8)34-15-10-9-11-16-34)45(31-38)54-39-22-23-41-40-19-12-13-20-43(40)53(44(41)32-39)46-30-36(25-26-50-46)48(4,5)6;/h9-30,33H,1-8H3;/q-3;. The van der Waals surface area contributed by atoms with Crippen LogP contribution < -0.4 is 14.5 Å². The first kappa shape index (κ1) is 38.2. The molecule has 0 amide bonds. The minimum absolute atomic E-state index is 0. The Morgan fingerprint density at radius 2 is 1.31 bits per heavy atom. The van der Waals surface area contributed by atoms with Crippen LogP contribution in [-0.4, -0.2) is 9.55 Å². The fourth-order valence-electron chi connectivity index (χ4n) is 7.27. The average molecular weight is 903 g/mol. The first-order valence-electron chi connectivity index (χ1n) is 18.7. The van der Waals surface area contributed by atoms with Crippen molar-refractivity contribution in [3.63, 3.8) is 0 Å². The van der Waals surface area contributed by atoms with Gasteiger partial charge in [-0.1, -0.05) is 122 Å². The number of ether oxygens (including phenoxy) is 1. The van der Waals surface area contributed by atoms with Crippen LogP contribution in [0, 0.1) is 18.8 Å². The van der Waals surface area contributed by atoms with Gasteiger partial charge in [-0.25, -0.2) is 4.98 Å². The predicted molar refractivity (Wildman–Crippen MR) is 224 cm³/mol. The van der Waals surface area contributed by atoms with E-state index in [4.69, 9.17) is 9.72 Å². The second-order valence-corrected chi connectivity index (χ2v) is 16.8. The van der Waals surface area contributed by atoms with Crippen molar-refractivity contribution in [2.24, 2.45) is 0 Å². The molecular weight excluding hydrogens is 856 g/mol. The van der Waals surface area contributed by atoms with E-state index in [2.05, 4.69) is 210 Å². The summed E-state index contributed by atoms with van der Waals surface area (Å²) in [4.78, 5) is 9.11.